The van der Waals surface area contributed by atoms with E-state index >= 15 is 0 Å². The maximum Gasteiger partial charge on any atom is 0.255 e. The molecule has 3 aliphatic rings. The largest absolute Gasteiger partial charge is 0.368 e. The van der Waals surface area contributed by atoms with E-state index in [1.54, 1.807) is 11.0 Å². The number of aromatic nitrogens is 3. The van der Waals surface area contributed by atoms with Gasteiger partial charge < -0.3 is 4.90 Å². The van der Waals surface area contributed by atoms with E-state index in [0.29, 0.717) is 0 Å². The number of nitrogens with zero attached hydrogens (tertiary/aromatic N) is 6. The van der Waals surface area contributed by atoms with Crippen LogP contribution in [0.25, 0.3) is 11.1 Å². The first-order valence-electron chi connectivity index (χ1n) is 12.7. The second-order valence-electron chi connectivity index (χ2n) is 9.37. The van der Waals surface area contributed by atoms with E-state index in [4.69, 9.17) is 5.10 Å². The fourth-order valence-electron chi connectivity index (χ4n) is 4.87. The predicted octanol–water partition coefficient (Wildman–Crippen LogP) is 4.09. The number of carbonyl (C=O) groups is 1. The third-order valence-corrected chi connectivity index (χ3v) is 6.87. The number of carbonyl (C=O) groups excluding carboxylic acids is 1. The smallest absolute Gasteiger partial charge is 0.255 e. The van der Waals surface area contributed by atoms with Gasteiger partial charge in [0.2, 0.25) is 0 Å². The lowest BCUT2D eigenvalue weighted by Crippen LogP contribution is -2.46. The molecule has 0 saturated carbocycles. The van der Waals surface area contributed by atoms with E-state index < -0.39 is 0 Å². The molecule has 0 unspecified atom stereocenters. The number of amides is 1. The van der Waals surface area contributed by atoms with Gasteiger partial charge in [-0.05, 0) is 50.6 Å². The number of piperazine rings is 1. The van der Waals surface area contributed by atoms with Crippen LogP contribution in [0.5, 0.6) is 0 Å². The quantitative estimate of drug-likeness (QED) is 0.636. The molecule has 2 aromatic heterocycles. The molecule has 1 saturated heterocycles. The summed E-state index contributed by atoms with van der Waals surface area (Å²) in [5.74, 6) is -0.0684. The second kappa shape index (κ2) is 10.0. The van der Waals surface area contributed by atoms with Crippen LogP contribution < -0.4 is 0 Å². The third-order valence-electron chi connectivity index (χ3n) is 6.87. The molecule has 7 heteroatoms. The Hall–Kier alpha value is -3.45. The normalized spacial score (nSPS) is 22.7. The molecule has 1 amide bonds. The van der Waals surface area contributed by atoms with E-state index in [0.717, 1.165) is 72.2 Å². The Bertz CT molecular complexity index is 1270. The monoisotopic (exact) mass is 470 g/mol. The molecule has 0 bridgehead atoms. The highest BCUT2D eigenvalue weighted by Gasteiger charge is 2.23. The van der Waals surface area contributed by atoms with Crippen molar-refractivity contribution >= 4 is 17.0 Å². The number of hydrogen-bond donors (Lipinski definition) is 0. The predicted molar refractivity (Wildman–Crippen MR) is 139 cm³/mol. The standard InChI is InChI=1S/C28H34N6O/c1-4-6-12-31-13-15-32(16-14-31)24-11-10-23-9-7-8-22(17-28(35)33(23)20-24)26-18-27-25(5-2)29-21(3)19-34(27)30-26/h7-11,17-20H,4-6,12-16H2,1-3H3/b8-7+,22-17+,23-9+. The van der Waals surface area contributed by atoms with Crippen molar-refractivity contribution in [2.24, 2.45) is 0 Å². The Labute approximate surface area is 207 Å². The topological polar surface area (TPSA) is 57.0 Å². The summed E-state index contributed by atoms with van der Waals surface area (Å²) in [7, 11) is 0. The first kappa shape index (κ1) is 23.3. The molecule has 0 spiro atoms. The van der Waals surface area contributed by atoms with Crippen molar-refractivity contribution in [3.8, 4) is 0 Å². The summed E-state index contributed by atoms with van der Waals surface area (Å²) in [6.07, 6.45) is 19.0. The van der Waals surface area contributed by atoms with Crippen molar-refractivity contribution in [2.75, 3.05) is 32.7 Å². The van der Waals surface area contributed by atoms with E-state index in [1.807, 2.05) is 54.2 Å². The van der Waals surface area contributed by atoms with Gasteiger partial charge in [0, 0.05) is 49.7 Å². The van der Waals surface area contributed by atoms with Crippen molar-refractivity contribution in [2.45, 2.75) is 40.0 Å². The lowest BCUT2D eigenvalue weighted by atomic mass is 10.1. The van der Waals surface area contributed by atoms with E-state index in [9.17, 15) is 4.79 Å². The van der Waals surface area contributed by atoms with Crippen LogP contribution in [0.15, 0.2) is 66.3 Å². The zero-order valence-electron chi connectivity index (χ0n) is 20.9. The molecule has 5 rings (SSSR count). The molecule has 1 fully saturated rings. The number of fused-ring (bicyclic) bond motifs is 2. The third kappa shape index (κ3) is 4.86. The molecular weight excluding hydrogens is 436 g/mol. The highest BCUT2D eigenvalue weighted by molar-refractivity contribution is 5.99. The van der Waals surface area contributed by atoms with Gasteiger partial charge >= 0.3 is 0 Å². The number of hydrogen-bond acceptors (Lipinski definition) is 5. The van der Waals surface area contributed by atoms with E-state index in [-0.39, 0.29) is 5.91 Å². The fourth-order valence-corrected chi connectivity index (χ4v) is 4.87. The molecule has 0 atom stereocenters. The molecule has 35 heavy (non-hydrogen) atoms. The van der Waals surface area contributed by atoms with Gasteiger partial charge in [-0.15, -0.1) is 0 Å². The SMILES string of the molecule is CCCCN1CCN(C2=CN3C(=O)\C=C(c4cc5c(CC)nc(C)cn5n4)/C=C/C=C/3C=C2)CC1. The number of allylic oxidation sites excluding steroid dienone is 6. The minimum absolute atomic E-state index is 0.0684. The van der Waals surface area contributed by atoms with Crippen LogP contribution in [0.4, 0.5) is 0 Å². The molecule has 0 aromatic carbocycles. The minimum atomic E-state index is -0.0684. The van der Waals surface area contributed by atoms with Crippen LogP contribution in [0.2, 0.25) is 0 Å². The number of unbranched alkanes of at least 4 members (excludes halogenated alkanes) is 1. The van der Waals surface area contributed by atoms with Gasteiger partial charge in [0.15, 0.2) is 0 Å². The average molecular weight is 471 g/mol. The Kier molecular flexibility index (Phi) is 6.68. The highest BCUT2D eigenvalue weighted by atomic mass is 16.2. The highest BCUT2D eigenvalue weighted by Crippen LogP contribution is 2.26. The van der Waals surface area contributed by atoms with Crippen LogP contribution in [0.3, 0.4) is 0 Å². The molecule has 182 valence electrons. The van der Waals surface area contributed by atoms with Gasteiger partial charge in [0.05, 0.1) is 34.5 Å². The summed E-state index contributed by atoms with van der Waals surface area (Å²) < 4.78 is 1.87. The summed E-state index contributed by atoms with van der Waals surface area (Å²) in [6, 6.07) is 2.02. The molecule has 0 aliphatic carbocycles. The Morgan fingerprint density at radius 2 is 1.83 bits per heavy atom. The molecule has 3 aliphatic heterocycles. The number of aryl methyl sites for hydroxylation is 2. The zero-order valence-corrected chi connectivity index (χ0v) is 20.9. The van der Waals surface area contributed by atoms with Gasteiger partial charge in [-0.25, -0.2) is 4.52 Å². The van der Waals surface area contributed by atoms with Crippen molar-refractivity contribution < 1.29 is 4.79 Å². The van der Waals surface area contributed by atoms with Crippen LogP contribution in [0.1, 0.15) is 43.8 Å². The van der Waals surface area contributed by atoms with Gasteiger partial charge in [-0.1, -0.05) is 32.4 Å². The van der Waals surface area contributed by atoms with Gasteiger partial charge in [-0.2, -0.15) is 5.10 Å². The molecule has 2 aromatic rings. The molecule has 0 radical (unpaired) electrons. The van der Waals surface area contributed by atoms with Crippen LogP contribution >= 0.6 is 0 Å². The Balaban J connectivity index is 1.38. The van der Waals surface area contributed by atoms with Crippen molar-refractivity contribution in [1.82, 2.24) is 29.3 Å². The van der Waals surface area contributed by atoms with Gasteiger partial charge in [0.1, 0.15) is 0 Å². The summed E-state index contributed by atoms with van der Waals surface area (Å²) in [5.41, 5.74) is 6.45. The fraction of sp³-hybridized carbons (Fsp3) is 0.393. The van der Waals surface area contributed by atoms with Crippen molar-refractivity contribution in [3.63, 3.8) is 0 Å². The molecule has 5 heterocycles. The van der Waals surface area contributed by atoms with E-state index in [1.165, 1.54) is 19.4 Å². The average Bonchev–Trinajstić information content (AvgIpc) is 3.29. The second-order valence-corrected chi connectivity index (χ2v) is 9.37. The zero-order chi connectivity index (χ0) is 24.4. The van der Waals surface area contributed by atoms with Crippen LogP contribution in [0, 0.1) is 6.92 Å². The van der Waals surface area contributed by atoms with Gasteiger partial charge in [0.25, 0.3) is 5.91 Å². The Morgan fingerprint density at radius 3 is 2.60 bits per heavy atom. The molecular formula is C28H34N6O. The summed E-state index contributed by atoms with van der Waals surface area (Å²) >= 11 is 0. The first-order chi connectivity index (χ1) is 17.1. The van der Waals surface area contributed by atoms with Crippen LogP contribution in [-0.2, 0) is 11.2 Å². The maximum atomic E-state index is 13.4. The summed E-state index contributed by atoms with van der Waals surface area (Å²) in [6.45, 7) is 11.6. The minimum Gasteiger partial charge on any atom is -0.368 e. The molecule has 7 nitrogen and oxygen atoms in total. The Morgan fingerprint density at radius 1 is 1.03 bits per heavy atom. The lowest BCUT2D eigenvalue weighted by molar-refractivity contribution is -0.122. The summed E-state index contributed by atoms with van der Waals surface area (Å²) in [4.78, 5) is 24.7. The van der Waals surface area contributed by atoms with Crippen molar-refractivity contribution in [3.05, 3.63) is 83.4 Å². The summed E-state index contributed by atoms with van der Waals surface area (Å²) in [5, 5.41) is 4.76. The van der Waals surface area contributed by atoms with Crippen molar-refractivity contribution in [1.29, 1.82) is 0 Å². The first-order valence-corrected chi connectivity index (χ1v) is 12.7. The van der Waals surface area contributed by atoms with Gasteiger partial charge in [-0.3, -0.25) is 19.6 Å². The van der Waals surface area contributed by atoms with Crippen LogP contribution in [-0.4, -0.2) is 67.9 Å². The number of rotatable bonds is 6. The molecule has 0 N–H and O–H groups in total. The van der Waals surface area contributed by atoms with E-state index in [2.05, 4.69) is 34.7 Å². The maximum absolute atomic E-state index is 13.4. The lowest BCUT2D eigenvalue weighted by Gasteiger charge is -2.38.